The first kappa shape index (κ1) is 14.5. The fraction of sp³-hybridized carbons (Fsp3) is 0.333. The third-order valence-corrected chi connectivity index (χ3v) is 4.63. The molecule has 2 aromatic rings. The lowest BCUT2D eigenvalue weighted by molar-refractivity contribution is -0.120. The number of amides is 1. The normalized spacial score (nSPS) is 14.7. The van der Waals surface area contributed by atoms with Gasteiger partial charge in [0.05, 0.1) is 12.1 Å². The average Bonchev–Trinajstić information content (AvgIpc) is 2.86. The maximum absolute atomic E-state index is 11.9. The molecule has 0 saturated carbocycles. The second-order valence-electron chi connectivity index (χ2n) is 5.16. The number of nitrogens with one attached hydrogen (secondary N) is 2. The Morgan fingerprint density at radius 1 is 1.38 bits per heavy atom. The summed E-state index contributed by atoms with van der Waals surface area (Å²) in [6.45, 7) is 2.75. The van der Waals surface area contributed by atoms with E-state index in [-0.39, 0.29) is 5.91 Å². The number of nitrogens with zero attached hydrogens (tertiary/aromatic N) is 1. The Morgan fingerprint density at radius 2 is 2.14 bits per heavy atom. The molecule has 1 aliphatic heterocycles. The lowest BCUT2D eigenvalue weighted by Gasteiger charge is -2.26. The zero-order valence-electron chi connectivity index (χ0n) is 11.4. The van der Waals surface area contributed by atoms with Crippen molar-refractivity contribution in [3.05, 3.63) is 40.4 Å². The summed E-state index contributed by atoms with van der Waals surface area (Å²) in [6, 6.07) is 7.57. The zero-order chi connectivity index (χ0) is 14.7. The van der Waals surface area contributed by atoms with E-state index in [0.717, 1.165) is 35.9 Å². The van der Waals surface area contributed by atoms with E-state index in [0.29, 0.717) is 17.4 Å². The molecule has 0 spiro atoms. The van der Waals surface area contributed by atoms with Crippen molar-refractivity contribution in [1.29, 1.82) is 0 Å². The SMILES string of the molecule is O=C(Cc1csc(-c2ccc(Cl)cc2)n1)NCC1CNC1. The summed E-state index contributed by atoms with van der Waals surface area (Å²) in [5.74, 6) is 0.615. The van der Waals surface area contributed by atoms with Gasteiger partial charge in [-0.1, -0.05) is 23.7 Å². The minimum Gasteiger partial charge on any atom is -0.355 e. The predicted molar refractivity (Wildman–Crippen MR) is 85.6 cm³/mol. The van der Waals surface area contributed by atoms with Crippen LogP contribution in [0.15, 0.2) is 29.6 Å². The molecule has 0 aliphatic carbocycles. The van der Waals surface area contributed by atoms with Gasteiger partial charge in [0.2, 0.25) is 5.91 Å². The van der Waals surface area contributed by atoms with Crippen molar-refractivity contribution in [2.24, 2.45) is 5.92 Å². The molecule has 6 heteroatoms. The van der Waals surface area contributed by atoms with Crippen LogP contribution in [-0.4, -0.2) is 30.5 Å². The molecule has 0 atom stereocenters. The van der Waals surface area contributed by atoms with Crippen LogP contribution in [0.4, 0.5) is 0 Å². The van der Waals surface area contributed by atoms with E-state index >= 15 is 0 Å². The van der Waals surface area contributed by atoms with Crippen molar-refractivity contribution in [2.75, 3.05) is 19.6 Å². The molecule has 2 heterocycles. The topological polar surface area (TPSA) is 54.0 Å². The molecule has 2 N–H and O–H groups in total. The summed E-state index contributed by atoms with van der Waals surface area (Å²) in [5, 5.41) is 9.71. The first-order valence-electron chi connectivity index (χ1n) is 6.88. The highest BCUT2D eigenvalue weighted by molar-refractivity contribution is 7.13. The maximum atomic E-state index is 11.9. The zero-order valence-corrected chi connectivity index (χ0v) is 13.0. The van der Waals surface area contributed by atoms with Crippen molar-refractivity contribution in [2.45, 2.75) is 6.42 Å². The van der Waals surface area contributed by atoms with E-state index in [2.05, 4.69) is 15.6 Å². The van der Waals surface area contributed by atoms with Crippen LogP contribution < -0.4 is 10.6 Å². The average molecular weight is 322 g/mol. The van der Waals surface area contributed by atoms with Crippen molar-refractivity contribution in [3.8, 4) is 10.6 Å². The first-order valence-corrected chi connectivity index (χ1v) is 8.14. The van der Waals surface area contributed by atoms with Crippen molar-refractivity contribution >= 4 is 28.8 Å². The number of hydrogen-bond donors (Lipinski definition) is 2. The Balaban J connectivity index is 1.56. The molecule has 110 valence electrons. The first-order chi connectivity index (χ1) is 10.2. The van der Waals surface area contributed by atoms with Crippen molar-refractivity contribution in [1.82, 2.24) is 15.6 Å². The van der Waals surface area contributed by atoms with Gasteiger partial charge in [-0.3, -0.25) is 4.79 Å². The van der Waals surface area contributed by atoms with Crippen LogP contribution in [0.2, 0.25) is 5.02 Å². The van der Waals surface area contributed by atoms with Gasteiger partial charge in [0, 0.05) is 41.5 Å². The van der Waals surface area contributed by atoms with E-state index in [1.54, 1.807) is 11.3 Å². The van der Waals surface area contributed by atoms with Crippen LogP contribution in [0.1, 0.15) is 5.69 Å². The number of rotatable bonds is 5. The number of aromatic nitrogens is 1. The third kappa shape index (κ3) is 3.81. The highest BCUT2D eigenvalue weighted by Crippen LogP contribution is 2.25. The molecule has 1 fully saturated rings. The molecule has 1 aliphatic rings. The Labute approximate surface area is 132 Å². The summed E-state index contributed by atoms with van der Waals surface area (Å²) in [4.78, 5) is 16.4. The number of thiazole rings is 1. The van der Waals surface area contributed by atoms with Gasteiger partial charge in [0.15, 0.2) is 0 Å². The molecule has 21 heavy (non-hydrogen) atoms. The minimum atomic E-state index is 0.0369. The van der Waals surface area contributed by atoms with E-state index in [9.17, 15) is 4.79 Å². The van der Waals surface area contributed by atoms with E-state index < -0.39 is 0 Å². The molecule has 0 radical (unpaired) electrons. The predicted octanol–water partition coefficient (Wildman–Crippen LogP) is 2.34. The second-order valence-corrected chi connectivity index (χ2v) is 6.45. The summed E-state index contributed by atoms with van der Waals surface area (Å²) in [5.41, 5.74) is 1.84. The number of carbonyl (C=O) groups excluding carboxylic acids is 1. The molecule has 4 nitrogen and oxygen atoms in total. The molecule has 1 amide bonds. The van der Waals surface area contributed by atoms with Crippen LogP contribution in [-0.2, 0) is 11.2 Å². The van der Waals surface area contributed by atoms with Gasteiger partial charge in [-0.25, -0.2) is 4.98 Å². The standard InChI is InChI=1S/C15H16ClN3OS/c16-12-3-1-11(2-4-12)15-19-13(9-21-15)5-14(20)18-8-10-6-17-7-10/h1-4,9-10,17H,5-8H2,(H,18,20). The lowest BCUT2D eigenvalue weighted by Crippen LogP contribution is -2.48. The summed E-state index contributed by atoms with van der Waals surface area (Å²) >= 11 is 7.42. The molecule has 3 rings (SSSR count). The summed E-state index contributed by atoms with van der Waals surface area (Å²) < 4.78 is 0. The van der Waals surface area contributed by atoms with Crippen LogP contribution in [0.25, 0.3) is 10.6 Å². The van der Waals surface area contributed by atoms with Crippen molar-refractivity contribution in [3.63, 3.8) is 0 Å². The number of benzene rings is 1. The Bertz CT molecular complexity index is 622. The molecule has 1 aromatic heterocycles. The number of hydrogen-bond acceptors (Lipinski definition) is 4. The van der Waals surface area contributed by atoms with E-state index in [4.69, 9.17) is 11.6 Å². The fourth-order valence-corrected chi connectivity index (χ4v) is 3.04. The second kappa shape index (κ2) is 6.56. The van der Waals surface area contributed by atoms with Crippen LogP contribution in [0.3, 0.4) is 0 Å². The van der Waals surface area contributed by atoms with Crippen LogP contribution in [0.5, 0.6) is 0 Å². The summed E-state index contributed by atoms with van der Waals surface area (Å²) in [7, 11) is 0. The van der Waals surface area contributed by atoms with Crippen LogP contribution in [0, 0.1) is 5.92 Å². The molecule has 1 saturated heterocycles. The highest BCUT2D eigenvalue weighted by atomic mass is 35.5. The minimum absolute atomic E-state index is 0.0369. The summed E-state index contributed by atoms with van der Waals surface area (Å²) in [6.07, 6.45) is 0.338. The molecule has 0 bridgehead atoms. The molecule has 0 unspecified atom stereocenters. The largest absolute Gasteiger partial charge is 0.355 e. The van der Waals surface area contributed by atoms with Gasteiger partial charge in [0.1, 0.15) is 5.01 Å². The molecular weight excluding hydrogens is 306 g/mol. The van der Waals surface area contributed by atoms with Gasteiger partial charge in [-0.15, -0.1) is 11.3 Å². The van der Waals surface area contributed by atoms with Gasteiger partial charge in [-0.05, 0) is 12.1 Å². The van der Waals surface area contributed by atoms with Gasteiger partial charge in [0.25, 0.3) is 0 Å². The van der Waals surface area contributed by atoms with Gasteiger partial charge in [-0.2, -0.15) is 0 Å². The monoisotopic (exact) mass is 321 g/mol. The van der Waals surface area contributed by atoms with E-state index in [1.807, 2.05) is 29.6 Å². The molecule has 1 aromatic carbocycles. The third-order valence-electron chi connectivity index (χ3n) is 3.44. The quantitative estimate of drug-likeness (QED) is 0.888. The fourth-order valence-electron chi connectivity index (χ4n) is 2.09. The smallest absolute Gasteiger partial charge is 0.226 e. The maximum Gasteiger partial charge on any atom is 0.226 e. The van der Waals surface area contributed by atoms with Gasteiger partial charge < -0.3 is 10.6 Å². The number of carbonyl (C=O) groups is 1. The van der Waals surface area contributed by atoms with E-state index in [1.165, 1.54) is 0 Å². The van der Waals surface area contributed by atoms with Gasteiger partial charge >= 0.3 is 0 Å². The molecular formula is C15H16ClN3OS. The number of halogens is 1. The van der Waals surface area contributed by atoms with Crippen LogP contribution >= 0.6 is 22.9 Å². The van der Waals surface area contributed by atoms with Crippen molar-refractivity contribution < 1.29 is 4.79 Å². The lowest BCUT2D eigenvalue weighted by atomic mass is 10.0. The Hall–Kier alpha value is -1.43. The Morgan fingerprint density at radius 3 is 2.81 bits per heavy atom. The Kier molecular flexibility index (Phi) is 4.53. The highest BCUT2D eigenvalue weighted by Gasteiger charge is 2.17.